The smallest absolute Gasteiger partial charge is 0.354 e. The number of nitrogens with zero attached hydrogens (tertiary/aromatic N) is 2. The fourth-order valence-electron chi connectivity index (χ4n) is 2.46. The number of carboxylic acids is 1. The van der Waals surface area contributed by atoms with Crippen LogP contribution in [0.1, 0.15) is 30.0 Å². The molecule has 0 aromatic carbocycles. The molecule has 21 heavy (non-hydrogen) atoms. The fourth-order valence-corrected chi connectivity index (χ4v) is 2.46. The number of aromatic nitrogens is 1. The first-order valence-corrected chi connectivity index (χ1v) is 6.91. The van der Waals surface area contributed by atoms with Crippen LogP contribution < -0.4 is 5.32 Å². The zero-order chi connectivity index (χ0) is 15.8. The van der Waals surface area contributed by atoms with Gasteiger partial charge in [0.05, 0.1) is 5.69 Å². The van der Waals surface area contributed by atoms with E-state index < -0.39 is 5.97 Å². The minimum atomic E-state index is -1.09. The quantitative estimate of drug-likeness (QED) is 0.772. The Labute approximate surface area is 123 Å². The number of aryl methyl sites for hydroxylation is 1. The van der Waals surface area contributed by atoms with Crippen molar-refractivity contribution in [2.24, 2.45) is 0 Å². The Kier molecular flexibility index (Phi) is 3.95. The Balaban J connectivity index is 2.10. The van der Waals surface area contributed by atoms with Crippen molar-refractivity contribution in [1.82, 2.24) is 14.8 Å². The van der Waals surface area contributed by atoms with Crippen LogP contribution in [0.25, 0.3) is 0 Å². The average molecular weight is 294 g/mol. The number of H-pyrrole nitrogens is 1. The van der Waals surface area contributed by atoms with Gasteiger partial charge in [-0.15, -0.1) is 0 Å². The molecular weight excluding hydrogens is 272 g/mol. The van der Waals surface area contributed by atoms with Crippen LogP contribution in [-0.4, -0.2) is 64.1 Å². The van der Waals surface area contributed by atoms with Crippen LogP contribution in [0, 0.1) is 6.92 Å². The van der Waals surface area contributed by atoms with Gasteiger partial charge in [-0.25, -0.2) is 9.59 Å². The zero-order valence-corrected chi connectivity index (χ0v) is 12.9. The molecule has 0 saturated carbocycles. The van der Waals surface area contributed by atoms with Gasteiger partial charge in [0, 0.05) is 30.9 Å². The van der Waals surface area contributed by atoms with E-state index in [2.05, 4.69) is 29.0 Å². The first kappa shape index (κ1) is 15.4. The van der Waals surface area contributed by atoms with Crippen molar-refractivity contribution in [2.75, 3.05) is 32.0 Å². The second-order valence-corrected chi connectivity index (χ2v) is 6.13. The summed E-state index contributed by atoms with van der Waals surface area (Å²) in [7, 11) is 2.04. The third-order valence-corrected chi connectivity index (χ3v) is 4.01. The Hall–Kier alpha value is -2.02. The number of carbonyl (C=O) groups excluding carboxylic acids is 1. The Morgan fingerprint density at radius 3 is 2.62 bits per heavy atom. The highest BCUT2D eigenvalue weighted by Crippen LogP contribution is 2.21. The molecule has 116 valence electrons. The standard InChI is InChI=1S/C14H22N4O3/c1-9-7-10(11(15-9)12(19)20)16-13(21)18-6-5-17(4)14(2,3)8-18/h7,15H,5-6,8H2,1-4H3,(H,16,21)(H,19,20). The van der Waals surface area contributed by atoms with Crippen molar-refractivity contribution in [2.45, 2.75) is 26.3 Å². The highest BCUT2D eigenvalue weighted by molar-refractivity contribution is 5.99. The Bertz CT molecular complexity index is 565. The lowest BCUT2D eigenvalue weighted by Crippen LogP contribution is -2.59. The van der Waals surface area contributed by atoms with E-state index in [-0.39, 0.29) is 17.3 Å². The number of urea groups is 1. The van der Waals surface area contributed by atoms with Gasteiger partial charge < -0.3 is 20.3 Å². The zero-order valence-electron chi connectivity index (χ0n) is 12.9. The largest absolute Gasteiger partial charge is 0.477 e. The van der Waals surface area contributed by atoms with E-state index in [4.69, 9.17) is 5.11 Å². The molecule has 2 rings (SSSR count). The molecule has 1 aliphatic rings. The van der Waals surface area contributed by atoms with E-state index in [9.17, 15) is 9.59 Å². The molecule has 0 atom stereocenters. The van der Waals surface area contributed by atoms with Gasteiger partial charge in [-0.1, -0.05) is 0 Å². The molecule has 1 aromatic rings. The summed E-state index contributed by atoms with van der Waals surface area (Å²) in [6.45, 7) is 7.92. The predicted octanol–water partition coefficient (Wildman–Crippen LogP) is 1.58. The molecule has 1 saturated heterocycles. The summed E-state index contributed by atoms with van der Waals surface area (Å²) in [6.07, 6.45) is 0. The molecule has 0 spiro atoms. The normalized spacial score (nSPS) is 18.6. The lowest BCUT2D eigenvalue weighted by atomic mass is 10.0. The van der Waals surface area contributed by atoms with Gasteiger partial charge in [0.15, 0.2) is 0 Å². The van der Waals surface area contributed by atoms with Crippen LogP contribution >= 0.6 is 0 Å². The highest BCUT2D eigenvalue weighted by Gasteiger charge is 2.33. The number of carbonyl (C=O) groups is 2. The summed E-state index contributed by atoms with van der Waals surface area (Å²) >= 11 is 0. The number of anilines is 1. The first-order chi connectivity index (χ1) is 9.70. The van der Waals surface area contributed by atoms with E-state index >= 15 is 0 Å². The molecule has 3 N–H and O–H groups in total. The van der Waals surface area contributed by atoms with Gasteiger partial charge >= 0.3 is 12.0 Å². The second-order valence-electron chi connectivity index (χ2n) is 6.13. The number of hydrogen-bond donors (Lipinski definition) is 3. The number of piperazine rings is 1. The molecule has 0 unspecified atom stereocenters. The average Bonchev–Trinajstić information content (AvgIpc) is 2.73. The van der Waals surface area contributed by atoms with E-state index in [0.717, 1.165) is 6.54 Å². The highest BCUT2D eigenvalue weighted by atomic mass is 16.4. The van der Waals surface area contributed by atoms with Crippen molar-refractivity contribution < 1.29 is 14.7 Å². The summed E-state index contributed by atoms with van der Waals surface area (Å²) < 4.78 is 0. The van der Waals surface area contributed by atoms with Crippen molar-refractivity contribution in [1.29, 1.82) is 0 Å². The molecule has 2 amide bonds. The third-order valence-electron chi connectivity index (χ3n) is 4.01. The first-order valence-electron chi connectivity index (χ1n) is 6.91. The number of nitrogens with one attached hydrogen (secondary N) is 2. The summed E-state index contributed by atoms with van der Waals surface area (Å²) in [5.74, 6) is -1.09. The van der Waals surface area contributed by atoms with Crippen molar-refractivity contribution in [3.8, 4) is 0 Å². The Morgan fingerprint density at radius 1 is 1.38 bits per heavy atom. The Morgan fingerprint density at radius 2 is 2.05 bits per heavy atom. The second kappa shape index (κ2) is 5.40. The molecular formula is C14H22N4O3. The lowest BCUT2D eigenvalue weighted by molar-refractivity contribution is 0.0608. The molecule has 0 bridgehead atoms. The maximum Gasteiger partial charge on any atom is 0.354 e. The number of amides is 2. The molecule has 1 aliphatic heterocycles. The minimum Gasteiger partial charge on any atom is -0.477 e. The molecule has 0 aliphatic carbocycles. The van der Waals surface area contributed by atoms with Gasteiger partial charge in [0.2, 0.25) is 0 Å². The monoisotopic (exact) mass is 294 g/mol. The topological polar surface area (TPSA) is 88.7 Å². The molecule has 7 heteroatoms. The molecule has 1 aromatic heterocycles. The summed E-state index contributed by atoms with van der Waals surface area (Å²) in [5.41, 5.74) is 0.914. The van der Waals surface area contributed by atoms with Gasteiger partial charge in [0.25, 0.3) is 0 Å². The number of rotatable bonds is 2. The van der Waals surface area contributed by atoms with Crippen LogP contribution in [0.2, 0.25) is 0 Å². The molecule has 7 nitrogen and oxygen atoms in total. The summed E-state index contributed by atoms with van der Waals surface area (Å²) in [6, 6.07) is 1.36. The van der Waals surface area contributed by atoms with Crippen molar-refractivity contribution >= 4 is 17.7 Å². The van der Waals surface area contributed by atoms with E-state index in [1.165, 1.54) is 0 Å². The summed E-state index contributed by atoms with van der Waals surface area (Å²) in [5, 5.41) is 11.8. The molecule has 1 fully saturated rings. The lowest BCUT2D eigenvalue weighted by Gasteiger charge is -2.45. The van der Waals surface area contributed by atoms with Gasteiger partial charge in [-0.05, 0) is 33.9 Å². The van der Waals surface area contributed by atoms with Gasteiger partial charge in [-0.3, -0.25) is 4.90 Å². The summed E-state index contributed by atoms with van der Waals surface area (Å²) in [4.78, 5) is 30.1. The van der Waals surface area contributed by atoms with E-state index in [1.807, 2.05) is 7.05 Å². The maximum absolute atomic E-state index is 12.3. The van der Waals surface area contributed by atoms with Gasteiger partial charge in [0.1, 0.15) is 5.69 Å². The van der Waals surface area contributed by atoms with Crippen LogP contribution in [0.15, 0.2) is 6.07 Å². The third kappa shape index (κ3) is 3.18. The van der Waals surface area contributed by atoms with Crippen LogP contribution in [-0.2, 0) is 0 Å². The number of aromatic carboxylic acids is 1. The molecule has 0 radical (unpaired) electrons. The number of aromatic amines is 1. The maximum atomic E-state index is 12.3. The number of carboxylic acid groups (broad SMARTS) is 1. The molecule has 2 heterocycles. The van der Waals surface area contributed by atoms with Crippen LogP contribution in [0.4, 0.5) is 10.5 Å². The van der Waals surface area contributed by atoms with Crippen LogP contribution in [0.5, 0.6) is 0 Å². The minimum absolute atomic E-state index is 0.00855. The van der Waals surface area contributed by atoms with Crippen molar-refractivity contribution in [3.63, 3.8) is 0 Å². The van der Waals surface area contributed by atoms with E-state index in [0.29, 0.717) is 24.5 Å². The SMILES string of the molecule is Cc1cc(NC(=O)N2CCN(C)C(C)(C)C2)c(C(=O)O)[nH]1. The predicted molar refractivity (Wildman–Crippen MR) is 79.8 cm³/mol. The fraction of sp³-hybridized carbons (Fsp3) is 0.571. The number of hydrogen-bond acceptors (Lipinski definition) is 3. The van der Waals surface area contributed by atoms with Crippen LogP contribution in [0.3, 0.4) is 0 Å². The van der Waals surface area contributed by atoms with Gasteiger partial charge in [-0.2, -0.15) is 0 Å². The van der Waals surface area contributed by atoms with E-state index in [1.54, 1.807) is 17.9 Å². The number of likely N-dealkylation sites (N-methyl/N-ethyl adjacent to an activating group) is 1. The van der Waals surface area contributed by atoms with Crippen molar-refractivity contribution in [3.05, 3.63) is 17.5 Å².